The van der Waals surface area contributed by atoms with Crippen LogP contribution < -0.4 is 5.32 Å². The van der Waals surface area contributed by atoms with Gasteiger partial charge in [-0.1, -0.05) is 13.3 Å². The van der Waals surface area contributed by atoms with Crippen LogP contribution >= 0.6 is 0 Å². The zero-order valence-corrected chi connectivity index (χ0v) is 7.12. The molecule has 1 radical (unpaired) electrons. The van der Waals surface area contributed by atoms with Crippen LogP contribution in [0.3, 0.4) is 0 Å². The normalized spacial score (nSPS) is 11.5. The Kier molecular flexibility index (Phi) is 5.77. The molecule has 0 fully saturated rings. The largest absolute Gasteiger partial charge is 0.453 e. The maximum absolute atomic E-state index is 10.6. The van der Waals surface area contributed by atoms with E-state index in [1.54, 1.807) is 0 Å². The summed E-state index contributed by atoms with van der Waals surface area (Å²) >= 11 is 0. The van der Waals surface area contributed by atoms with Crippen LogP contribution in [0.5, 0.6) is 0 Å². The number of carbonyl (C=O) groups excluding carboxylic acids is 2. The summed E-state index contributed by atoms with van der Waals surface area (Å²) in [5.41, 5.74) is 0. The highest BCUT2D eigenvalue weighted by molar-refractivity contribution is 5.67. The van der Waals surface area contributed by atoms with Gasteiger partial charge in [-0.2, -0.15) is 0 Å². The summed E-state index contributed by atoms with van der Waals surface area (Å²) in [5, 5.41) is 2.32. The van der Waals surface area contributed by atoms with E-state index >= 15 is 0 Å². The summed E-state index contributed by atoms with van der Waals surface area (Å²) in [6.07, 6.45) is 0.0735. The molecule has 0 aromatic heterocycles. The Bertz CT molecular complexity index is 148. The topological polar surface area (TPSA) is 64.6 Å². The van der Waals surface area contributed by atoms with Gasteiger partial charge < -0.3 is 9.47 Å². The molecule has 5 nitrogen and oxygen atoms in total. The van der Waals surface area contributed by atoms with Crippen molar-refractivity contribution < 1.29 is 19.1 Å². The van der Waals surface area contributed by atoms with Crippen molar-refractivity contribution in [3.63, 3.8) is 0 Å². The van der Waals surface area contributed by atoms with Crippen LogP contribution in [0.1, 0.15) is 19.8 Å². The van der Waals surface area contributed by atoms with E-state index in [4.69, 9.17) is 0 Å². The SMILES string of the molecule is CCCC(NC(=O)OC)O[C]=O. The van der Waals surface area contributed by atoms with Gasteiger partial charge in [-0.15, -0.1) is 0 Å². The second-order valence-corrected chi connectivity index (χ2v) is 2.11. The van der Waals surface area contributed by atoms with Crippen LogP contribution in [-0.4, -0.2) is 25.9 Å². The molecule has 0 aliphatic carbocycles. The van der Waals surface area contributed by atoms with E-state index in [-0.39, 0.29) is 0 Å². The average molecular weight is 174 g/mol. The quantitative estimate of drug-likeness (QED) is 0.618. The molecule has 0 saturated heterocycles. The van der Waals surface area contributed by atoms with Gasteiger partial charge in [0.15, 0.2) is 6.23 Å². The highest BCUT2D eigenvalue weighted by atomic mass is 16.6. The Morgan fingerprint density at radius 1 is 1.67 bits per heavy atom. The number of alkyl carbamates (subject to hydrolysis) is 1. The summed E-state index contributed by atoms with van der Waals surface area (Å²) in [4.78, 5) is 20.4. The number of hydrogen-bond donors (Lipinski definition) is 1. The molecule has 1 amide bonds. The molecule has 0 spiro atoms. The molecule has 0 aliphatic rings. The van der Waals surface area contributed by atoms with E-state index in [0.29, 0.717) is 6.42 Å². The molecule has 0 saturated carbocycles. The third-order valence-corrected chi connectivity index (χ3v) is 1.21. The lowest BCUT2D eigenvalue weighted by molar-refractivity contribution is 0.109. The number of nitrogens with one attached hydrogen (secondary N) is 1. The van der Waals surface area contributed by atoms with Crippen molar-refractivity contribution in [1.82, 2.24) is 5.32 Å². The lowest BCUT2D eigenvalue weighted by Gasteiger charge is -2.13. The summed E-state index contributed by atoms with van der Waals surface area (Å²) in [5.74, 6) is 0. The Morgan fingerprint density at radius 3 is 2.75 bits per heavy atom. The molecular formula is C7H12NO4. The van der Waals surface area contributed by atoms with E-state index in [2.05, 4.69) is 14.8 Å². The molecule has 1 N–H and O–H groups in total. The number of ether oxygens (including phenoxy) is 2. The number of hydrogen-bond acceptors (Lipinski definition) is 4. The molecule has 5 heteroatoms. The molecule has 69 valence electrons. The van der Waals surface area contributed by atoms with Crippen molar-refractivity contribution in [2.24, 2.45) is 0 Å². The first-order valence-corrected chi connectivity index (χ1v) is 3.61. The van der Waals surface area contributed by atoms with Crippen molar-refractivity contribution in [2.45, 2.75) is 26.0 Å². The molecule has 0 aromatic rings. The first-order valence-electron chi connectivity index (χ1n) is 3.61. The van der Waals surface area contributed by atoms with Crippen LogP contribution in [-0.2, 0) is 14.3 Å². The minimum atomic E-state index is -0.639. The van der Waals surface area contributed by atoms with Crippen molar-refractivity contribution in [2.75, 3.05) is 7.11 Å². The molecular weight excluding hydrogens is 162 g/mol. The Hall–Kier alpha value is -1.26. The van der Waals surface area contributed by atoms with Crippen molar-refractivity contribution in [1.29, 1.82) is 0 Å². The fraction of sp³-hybridized carbons (Fsp3) is 0.714. The minimum Gasteiger partial charge on any atom is -0.453 e. The smallest absolute Gasteiger partial charge is 0.419 e. The van der Waals surface area contributed by atoms with Crippen molar-refractivity contribution >= 4 is 12.6 Å². The van der Waals surface area contributed by atoms with E-state index in [1.165, 1.54) is 13.6 Å². The number of methoxy groups -OCH3 is 1. The van der Waals surface area contributed by atoms with Crippen LogP contribution in [0.25, 0.3) is 0 Å². The zero-order chi connectivity index (χ0) is 9.40. The number of rotatable bonds is 5. The first kappa shape index (κ1) is 10.7. The van der Waals surface area contributed by atoms with Crippen LogP contribution in [0.2, 0.25) is 0 Å². The minimum absolute atomic E-state index is 0.546. The lowest BCUT2D eigenvalue weighted by Crippen LogP contribution is -2.36. The molecule has 1 unspecified atom stereocenters. The van der Waals surface area contributed by atoms with Gasteiger partial charge >= 0.3 is 12.6 Å². The molecule has 1 atom stereocenters. The fourth-order valence-corrected chi connectivity index (χ4v) is 0.671. The summed E-state index contributed by atoms with van der Waals surface area (Å²) in [6.45, 7) is 3.16. The predicted molar refractivity (Wildman–Crippen MR) is 41.0 cm³/mol. The van der Waals surface area contributed by atoms with Gasteiger partial charge in [0.2, 0.25) is 0 Å². The van der Waals surface area contributed by atoms with Gasteiger partial charge in [-0.05, 0) is 0 Å². The van der Waals surface area contributed by atoms with Gasteiger partial charge in [-0.3, -0.25) is 5.32 Å². The third kappa shape index (κ3) is 4.54. The highest BCUT2D eigenvalue weighted by Crippen LogP contribution is 1.97. The molecule has 0 bridgehead atoms. The fourth-order valence-electron chi connectivity index (χ4n) is 0.671. The molecule has 0 rings (SSSR count). The standard InChI is InChI=1S/C7H12NO4/c1-3-4-6(12-5-9)8-7(10)11-2/h6H,3-4H2,1-2H3,(H,8,10). The Labute approximate surface area is 71.0 Å². The van der Waals surface area contributed by atoms with E-state index in [1.807, 2.05) is 6.92 Å². The van der Waals surface area contributed by atoms with Gasteiger partial charge in [0.05, 0.1) is 7.11 Å². The molecule has 0 aromatic carbocycles. The zero-order valence-electron chi connectivity index (χ0n) is 7.12. The van der Waals surface area contributed by atoms with Gasteiger partial charge in [0.25, 0.3) is 0 Å². The molecule has 12 heavy (non-hydrogen) atoms. The Morgan fingerprint density at radius 2 is 2.33 bits per heavy atom. The monoisotopic (exact) mass is 174 g/mol. The van der Waals surface area contributed by atoms with Crippen molar-refractivity contribution in [3.8, 4) is 0 Å². The second kappa shape index (κ2) is 6.45. The van der Waals surface area contributed by atoms with Gasteiger partial charge in [0, 0.05) is 6.42 Å². The van der Waals surface area contributed by atoms with Gasteiger partial charge in [-0.25, -0.2) is 9.59 Å². The third-order valence-electron chi connectivity index (χ3n) is 1.21. The maximum atomic E-state index is 10.6. The first-order chi connectivity index (χ1) is 5.74. The molecule has 0 heterocycles. The van der Waals surface area contributed by atoms with Crippen LogP contribution in [0.4, 0.5) is 4.79 Å². The van der Waals surface area contributed by atoms with Gasteiger partial charge in [0.1, 0.15) is 0 Å². The van der Waals surface area contributed by atoms with E-state index in [9.17, 15) is 9.59 Å². The Balaban J connectivity index is 3.76. The van der Waals surface area contributed by atoms with Crippen LogP contribution in [0, 0.1) is 0 Å². The lowest BCUT2D eigenvalue weighted by atomic mass is 10.3. The van der Waals surface area contributed by atoms with E-state index in [0.717, 1.165) is 6.42 Å². The average Bonchev–Trinajstić information content (AvgIpc) is 2.05. The maximum Gasteiger partial charge on any atom is 0.419 e. The van der Waals surface area contributed by atoms with Crippen molar-refractivity contribution in [3.05, 3.63) is 0 Å². The summed E-state index contributed by atoms with van der Waals surface area (Å²) < 4.78 is 8.75. The van der Waals surface area contributed by atoms with Crippen LogP contribution in [0.15, 0.2) is 0 Å². The summed E-state index contributed by atoms with van der Waals surface area (Å²) in [6, 6.07) is 0. The number of amides is 1. The highest BCUT2D eigenvalue weighted by Gasteiger charge is 2.11. The predicted octanol–water partition coefficient (Wildman–Crippen LogP) is 0.552. The van der Waals surface area contributed by atoms with E-state index < -0.39 is 12.3 Å². The molecule has 0 aliphatic heterocycles. The summed E-state index contributed by atoms with van der Waals surface area (Å²) in [7, 11) is 1.24. The second-order valence-electron chi connectivity index (χ2n) is 2.11. The number of carbonyl (C=O) groups is 1.